The lowest BCUT2D eigenvalue weighted by molar-refractivity contribution is 0.198. The van der Waals surface area contributed by atoms with E-state index in [9.17, 15) is 0 Å². The topological polar surface area (TPSA) is 58.3 Å². The smallest absolute Gasteiger partial charge is 0.255 e. The van der Waals surface area contributed by atoms with E-state index >= 15 is 0 Å². The number of piperidine rings is 1. The molecular formula is C13H19ClN6. The summed E-state index contributed by atoms with van der Waals surface area (Å²) in [5, 5.41) is 8.04. The van der Waals surface area contributed by atoms with E-state index in [1.165, 1.54) is 32.3 Å². The Morgan fingerprint density at radius 1 is 1.40 bits per heavy atom. The number of nitrogens with zero attached hydrogens (tertiary/aromatic N) is 5. The molecule has 0 bridgehead atoms. The van der Waals surface area contributed by atoms with Gasteiger partial charge in [-0.15, -0.1) is 0 Å². The largest absolute Gasteiger partial charge is 0.370 e. The summed E-state index contributed by atoms with van der Waals surface area (Å²) in [7, 11) is 0. The van der Waals surface area contributed by atoms with Crippen molar-refractivity contribution in [2.45, 2.75) is 19.8 Å². The van der Waals surface area contributed by atoms with Gasteiger partial charge in [-0.05, 0) is 38.4 Å². The summed E-state index contributed by atoms with van der Waals surface area (Å²) in [6.07, 6.45) is 3.96. The summed E-state index contributed by atoms with van der Waals surface area (Å²) in [6, 6.07) is 1.80. The van der Waals surface area contributed by atoms with Gasteiger partial charge in [0.25, 0.3) is 5.78 Å². The number of nitrogens with one attached hydrogen (secondary N) is 1. The Hall–Kier alpha value is -1.40. The summed E-state index contributed by atoms with van der Waals surface area (Å²) >= 11 is 6.00. The SMILES string of the molecule is CCN1CCC(CNc2cc(Cl)nc3ncnn23)CC1. The second-order valence-electron chi connectivity index (χ2n) is 5.19. The van der Waals surface area contributed by atoms with Crippen molar-refractivity contribution in [2.24, 2.45) is 5.92 Å². The van der Waals surface area contributed by atoms with Crippen LogP contribution in [0.25, 0.3) is 5.78 Å². The standard InChI is InChI=1S/C13H19ClN6/c1-2-19-5-3-10(4-6-19)8-15-12-7-11(14)18-13-16-9-17-20(12)13/h7,9-10,15H,2-6,8H2,1H3. The van der Waals surface area contributed by atoms with Gasteiger partial charge >= 0.3 is 0 Å². The minimum atomic E-state index is 0.439. The zero-order chi connectivity index (χ0) is 13.9. The number of fused-ring (bicyclic) bond motifs is 1. The second kappa shape index (κ2) is 5.93. The molecule has 3 heterocycles. The third-order valence-corrected chi connectivity index (χ3v) is 4.14. The Bertz CT molecular complexity index is 575. The van der Waals surface area contributed by atoms with Crippen molar-refractivity contribution in [1.82, 2.24) is 24.5 Å². The van der Waals surface area contributed by atoms with Crippen LogP contribution in [0.1, 0.15) is 19.8 Å². The van der Waals surface area contributed by atoms with Crippen LogP contribution in [0.5, 0.6) is 0 Å². The highest BCUT2D eigenvalue weighted by Gasteiger charge is 2.18. The molecule has 0 saturated carbocycles. The molecule has 1 saturated heterocycles. The van der Waals surface area contributed by atoms with Gasteiger partial charge in [0.15, 0.2) is 0 Å². The molecule has 0 atom stereocenters. The zero-order valence-corrected chi connectivity index (χ0v) is 12.3. The van der Waals surface area contributed by atoms with Crippen LogP contribution in [-0.4, -0.2) is 50.7 Å². The lowest BCUT2D eigenvalue weighted by atomic mass is 9.97. The predicted octanol–water partition coefficient (Wildman–Crippen LogP) is 1.92. The van der Waals surface area contributed by atoms with Gasteiger partial charge in [-0.1, -0.05) is 18.5 Å². The van der Waals surface area contributed by atoms with Crippen molar-refractivity contribution < 1.29 is 0 Å². The van der Waals surface area contributed by atoms with E-state index in [1.807, 2.05) is 0 Å². The van der Waals surface area contributed by atoms with E-state index in [4.69, 9.17) is 11.6 Å². The lowest BCUT2D eigenvalue weighted by Gasteiger charge is -2.31. The first-order valence-electron chi connectivity index (χ1n) is 7.08. The first kappa shape index (κ1) is 13.6. The van der Waals surface area contributed by atoms with E-state index < -0.39 is 0 Å². The Morgan fingerprint density at radius 3 is 2.95 bits per heavy atom. The third kappa shape index (κ3) is 2.86. The van der Waals surface area contributed by atoms with Gasteiger partial charge < -0.3 is 10.2 Å². The third-order valence-electron chi connectivity index (χ3n) is 3.95. The van der Waals surface area contributed by atoms with Crippen LogP contribution < -0.4 is 5.32 Å². The summed E-state index contributed by atoms with van der Waals surface area (Å²) < 4.78 is 1.69. The van der Waals surface area contributed by atoms with Crippen molar-refractivity contribution in [1.29, 1.82) is 0 Å². The molecule has 0 aliphatic carbocycles. The van der Waals surface area contributed by atoms with Crippen molar-refractivity contribution in [2.75, 3.05) is 31.5 Å². The maximum atomic E-state index is 6.00. The van der Waals surface area contributed by atoms with E-state index in [2.05, 4.69) is 32.2 Å². The molecule has 0 amide bonds. The van der Waals surface area contributed by atoms with Crippen molar-refractivity contribution in [3.05, 3.63) is 17.5 Å². The maximum absolute atomic E-state index is 6.00. The lowest BCUT2D eigenvalue weighted by Crippen LogP contribution is -2.35. The van der Waals surface area contributed by atoms with Gasteiger partial charge in [0.1, 0.15) is 17.3 Å². The van der Waals surface area contributed by atoms with Crippen LogP contribution in [0.2, 0.25) is 5.15 Å². The summed E-state index contributed by atoms with van der Waals surface area (Å²) in [6.45, 7) is 6.70. The number of likely N-dealkylation sites (tertiary alicyclic amines) is 1. The van der Waals surface area contributed by atoms with Gasteiger partial charge in [-0.2, -0.15) is 19.6 Å². The average molecular weight is 295 g/mol. The monoisotopic (exact) mass is 294 g/mol. The Labute approximate surface area is 123 Å². The van der Waals surface area contributed by atoms with Gasteiger partial charge in [-0.3, -0.25) is 0 Å². The van der Waals surface area contributed by atoms with Crippen LogP contribution in [0, 0.1) is 5.92 Å². The molecule has 2 aromatic rings. The highest BCUT2D eigenvalue weighted by Crippen LogP contribution is 2.19. The molecular weight excluding hydrogens is 276 g/mol. The molecule has 0 unspecified atom stereocenters. The molecule has 2 aromatic heterocycles. The molecule has 0 radical (unpaired) electrons. The molecule has 1 fully saturated rings. The van der Waals surface area contributed by atoms with Crippen LogP contribution in [0.15, 0.2) is 12.4 Å². The van der Waals surface area contributed by atoms with Crippen molar-refractivity contribution in [3.8, 4) is 0 Å². The van der Waals surface area contributed by atoms with Crippen molar-refractivity contribution in [3.63, 3.8) is 0 Å². The van der Waals surface area contributed by atoms with E-state index in [1.54, 1.807) is 10.6 Å². The fourth-order valence-electron chi connectivity index (χ4n) is 2.66. The molecule has 6 nitrogen and oxygen atoms in total. The molecule has 0 spiro atoms. The fraction of sp³-hybridized carbons (Fsp3) is 0.615. The first-order valence-corrected chi connectivity index (χ1v) is 7.46. The Kier molecular flexibility index (Phi) is 4.03. The van der Waals surface area contributed by atoms with Gasteiger partial charge in [-0.25, -0.2) is 0 Å². The highest BCUT2D eigenvalue weighted by molar-refractivity contribution is 6.29. The average Bonchev–Trinajstić information content (AvgIpc) is 2.93. The molecule has 1 aliphatic rings. The molecule has 7 heteroatoms. The summed E-state index contributed by atoms with van der Waals surface area (Å²) in [4.78, 5) is 10.7. The number of hydrogen-bond donors (Lipinski definition) is 1. The number of aromatic nitrogens is 4. The number of anilines is 1. The highest BCUT2D eigenvalue weighted by atomic mass is 35.5. The Morgan fingerprint density at radius 2 is 2.20 bits per heavy atom. The quantitative estimate of drug-likeness (QED) is 0.873. The molecule has 108 valence electrons. The first-order chi connectivity index (χ1) is 9.76. The molecule has 0 aromatic carbocycles. The second-order valence-corrected chi connectivity index (χ2v) is 5.58. The Balaban J connectivity index is 1.64. The molecule has 1 aliphatic heterocycles. The number of rotatable bonds is 4. The van der Waals surface area contributed by atoms with Crippen LogP contribution >= 0.6 is 11.6 Å². The minimum Gasteiger partial charge on any atom is -0.370 e. The van der Waals surface area contributed by atoms with Gasteiger partial charge in [0.2, 0.25) is 0 Å². The fourth-order valence-corrected chi connectivity index (χ4v) is 2.84. The zero-order valence-electron chi connectivity index (χ0n) is 11.6. The van der Waals surface area contributed by atoms with Crippen LogP contribution in [-0.2, 0) is 0 Å². The van der Waals surface area contributed by atoms with E-state index in [0.29, 0.717) is 16.8 Å². The van der Waals surface area contributed by atoms with Crippen LogP contribution in [0.3, 0.4) is 0 Å². The molecule has 20 heavy (non-hydrogen) atoms. The summed E-state index contributed by atoms with van der Waals surface area (Å²) in [5.41, 5.74) is 0. The van der Waals surface area contributed by atoms with Crippen molar-refractivity contribution >= 4 is 23.2 Å². The normalized spacial score (nSPS) is 17.7. The predicted molar refractivity (Wildman–Crippen MR) is 79.1 cm³/mol. The van der Waals surface area contributed by atoms with Crippen LogP contribution in [0.4, 0.5) is 5.82 Å². The maximum Gasteiger partial charge on any atom is 0.255 e. The minimum absolute atomic E-state index is 0.439. The molecule has 3 rings (SSSR count). The summed E-state index contributed by atoms with van der Waals surface area (Å²) in [5.74, 6) is 2.08. The van der Waals surface area contributed by atoms with E-state index in [0.717, 1.165) is 18.9 Å². The number of halogens is 1. The van der Waals surface area contributed by atoms with E-state index in [-0.39, 0.29) is 0 Å². The number of hydrogen-bond acceptors (Lipinski definition) is 5. The van der Waals surface area contributed by atoms with Gasteiger partial charge in [0.05, 0.1) is 0 Å². The van der Waals surface area contributed by atoms with Gasteiger partial charge in [0, 0.05) is 12.6 Å². The molecule has 1 N–H and O–H groups in total.